The monoisotopic (exact) mass is 309 g/mol. The number of hydrogen-bond donors (Lipinski definition) is 0. The highest BCUT2D eigenvalue weighted by Crippen LogP contribution is 2.29. The third-order valence-electron chi connectivity index (χ3n) is 3.29. The molecule has 1 aliphatic rings. The maximum absolute atomic E-state index is 11.9. The van der Waals surface area contributed by atoms with Crippen LogP contribution in [0.2, 0.25) is 0 Å². The summed E-state index contributed by atoms with van der Waals surface area (Å²) in [7, 11) is -3.14. The molecule has 1 saturated heterocycles. The molecule has 2 aromatic rings. The minimum absolute atomic E-state index is 0.0467. The highest BCUT2D eigenvalue weighted by molar-refractivity contribution is 7.89. The first-order valence-electron chi connectivity index (χ1n) is 6.68. The molecule has 0 radical (unpaired) electrons. The van der Waals surface area contributed by atoms with Crippen molar-refractivity contribution in [2.75, 3.05) is 18.8 Å². The Labute approximate surface area is 122 Å². The van der Waals surface area contributed by atoms with Crippen molar-refractivity contribution in [1.29, 1.82) is 0 Å². The zero-order valence-electron chi connectivity index (χ0n) is 11.5. The van der Waals surface area contributed by atoms with E-state index in [0.717, 1.165) is 0 Å². The Morgan fingerprint density at radius 3 is 2.86 bits per heavy atom. The Morgan fingerprint density at radius 1 is 1.38 bits per heavy atom. The second-order valence-corrected chi connectivity index (χ2v) is 6.97. The van der Waals surface area contributed by atoms with E-state index in [1.165, 1.54) is 4.31 Å². The topological polar surface area (TPSA) is 102 Å². The molecule has 0 atom stereocenters. The summed E-state index contributed by atoms with van der Waals surface area (Å²) in [5, 5.41) is 3.86. The molecule has 1 aliphatic heterocycles. The summed E-state index contributed by atoms with van der Waals surface area (Å²) in [6, 6.07) is 0. The third kappa shape index (κ3) is 2.79. The van der Waals surface area contributed by atoms with Gasteiger partial charge in [-0.1, -0.05) is 12.1 Å². The van der Waals surface area contributed by atoms with E-state index in [0.29, 0.717) is 36.9 Å². The summed E-state index contributed by atoms with van der Waals surface area (Å²) in [5.74, 6) is 0.940. The lowest BCUT2D eigenvalue weighted by atomic mass is 10.0. The zero-order chi connectivity index (χ0) is 14.9. The maximum atomic E-state index is 11.9. The average Bonchev–Trinajstić information content (AvgIpc) is 2.87. The molecule has 0 amide bonds. The quantitative estimate of drug-likeness (QED) is 0.799. The molecule has 0 spiro atoms. The first-order chi connectivity index (χ1) is 10.1. The summed E-state index contributed by atoms with van der Waals surface area (Å²) in [6.45, 7) is 2.63. The van der Waals surface area contributed by atoms with Crippen LogP contribution in [0.3, 0.4) is 0 Å². The van der Waals surface area contributed by atoms with Gasteiger partial charge in [-0.15, -0.1) is 0 Å². The molecular formula is C12H15N5O3S. The van der Waals surface area contributed by atoms with E-state index in [2.05, 4.69) is 20.1 Å². The van der Waals surface area contributed by atoms with Gasteiger partial charge in [-0.3, -0.25) is 4.98 Å². The largest absolute Gasteiger partial charge is 0.339 e. The van der Waals surface area contributed by atoms with Crippen LogP contribution in [0.15, 0.2) is 23.1 Å². The Bertz CT molecular complexity index is 710. The van der Waals surface area contributed by atoms with E-state index in [4.69, 9.17) is 4.52 Å². The molecule has 21 heavy (non-hydrogen) atoms. The first-order valence-corrected chi connectivity index (χ1v) is 8.29. The van der Waals surface area contributed by atoms with Crippen LogP contribution in [0.1, 0.15) is 25.2 Å². The van der Waals surface area contributed by atoms with Gasteiger partial charge < -0.3 is 4.52 Å². The fraction of sp³-hybridized carbons (Fsp3) is 0.500. The Kier molecular flexibility index (Phi) is 3.68. The number of hydrogen-bond acceptors (Lipinski definition) is 7. The molecule has 0 saturated carbocycles. The van der Waals surface area contributed by atoms with Crippen LogP contribution in [0, 0.1) is 0 Å². The lowest BCUT2D eigenvalue weighted by molar-refractivity contribution is 0.217. The molecule has 8 nitrogen and oxygen atoms in total. The Balaban J connectivity index is 1.67. The Morgan fingerprint density at radius 2 is 2.19 bits per heavy atom. The van der Waals surface area contributed by atoms with Crippen LogP contribution in [0.5, 0.6) is 0 Å². The summed E-state index contributed by atoms with van der Waals surface area (Å²) in [6.07, 6.45) is 5.27. The van der Waals surface area contributed by atoms with Gasteiger partial charge in [0.2, 0.25) is 21.7 Å². The molecule has 3 heterocycles. The van der Waals surface area contributed by atoms with Gasteiger partial charge in [-0.05, 0) is 6.42 Å². The lowest BCUT2D eigenvalue weighted by Gasteiger charge is -2.35. The predicted octanol–water partition coefficient (Wildman–Crippen LogP) is 0.666. The van der Waals surface area contributed by atoms with Crippen LogP contribution < -0.4 is 0 Å². The average molecular weight is 309 g/mol. The van der Waals surface area contributed by atoms with Gasteiger partial charge in [0, 0.05) is 25.5 Å². The van der Waals surface area contributed by atoms with Crippen molar-refractivity contribution in [3.8, 4) is 11.5 Å². The smallest absolute Gasteiger partial charge is 0.232 e. The third-order valence-corrected chi connectivity index (χ3v) is 5.30. The van der Waals surface area contributed by atoms with Gasteiger partial charge in [0.05, 0.1) is 17.9 Å². The highest BCUT2D eigenvalue weighted by Gasteiger charge is 2.39. The summed E-state index contributed by atoms with van der Waals surface area (Å²) >= 11 is 0. The van der Waals surface area contributed by atoms with Crippen LogP contribution in [0.25, 0.3) is 11.5 Å². The van der Waals surface area contributed by atoms with Crippen molar-refractivity contribution < 1.29 is 12.9 Å². The number of sulfonamides is 1. The van der Waals surface area contributed by atoms with Crippen LogP contribution in [-0.2, 0) is 10.0 Å². The minimum atomic E-state index is -3.14. The van der Waals surface area contributed by atoms with Crippen LogP contribution >= 0.6 is 0 Å². The summed E-state index contributed by atoms with van der Waals surface area (Å²) < 4.78 is 30.4. The van der Waals surface area contributed by atoms with Gasteiger partial charge in [-0.25, -0.2) is 17.7 Å². The molecule has 112 valence electrons. The fourth-order valence-corrected chi connectivity index (χ4v) is 3.72. The molecule has 3 rings (SSSR count). The van der Waals surface area contributed by atoms with E-state index in [1.54, 1.807) is 18.6 Å². The summed E-state index contributed by atoms with van der Waals surface area (Å²) in [4.78, 5) is 12.3. The maximum Gasteiger partial charge on any atom is 0.232 e. The lowest BCUT2D eigenvalue weighted by Crippen LogP contribution is -2.49. The predicted molar refractivity (Wildman–Crippen MR) is 73.7 cm³/mol. The highest BCUT2D eigenvalue weighted by atomic mass is 32.2. The number of rotatable bonds is 5. The Hall–Kier alpha value is -1.87. The van der Waals surface area contributed by atoms with E-state index >= 15 is 0 Å². The van der Waals surface area contributed by atoms with Gasteiger partial charge in [0.1, 0.15) is 5.69 Å². The molecule has 2 aromatic heterocycles. The van der Waals surface area contributed by atoms with Gasteiger partial charge in [0.25, 0.3) is 0 Å². The van der Waals surface area contributed by atoms with Crippen LogP contribution in [-0.4, -0.2) is 51.7 Å². The number of aromatic nitrogens is 4. The van der Waals surface area contributed by atoms with Crippen molar-refractivity contribution in [3.63, 3.8) is 0 Å². The van der Waals surface area contributed by atoms with Gasteiger partial charge in [0.15, 0.2) is 0 Å². The molecule has 0 bridgehead atoms. The summed E-state index contributed by atoms with van der Waals surface area (Å²) in [5.41, 5.74) is 0.530. The molecule has 1 fully saturated rings. The van der Waals surface area contributed by atoms with Crippen LogP contribution in [0.4, 0.5) is 0 Å². The molecule has 0 N–H and O–H groups in total. The van der Waals surface area contributed by atoms with Crippen molar-refractivity contribution in [1.82, 2.24) is 24.4 Å². The normalized spacial score (nSPS) is 16.8. The minimum Gasteiger partial charge on any atom is -0.339 e. The van der Waals surface area contributed by atoms with E-state index in [9.17, 15) is 8.42 Å². The van der Waals surface area contributed by atoms with E-state index in [-0.39, 0.29) is 11.7 Å². The SMILES string of the molecule is CCCS(=O)(=O)N1CC(c2nc(-c3cnccn3)no2)C1. The van der Waals surface area contributed by atoms with Gasteiger partial charge in [-0.2, -0.15) is 4.98 Å². The molecular weight excluding hydrogens is 294 g/mol. The van der Waals surface area contributed by atoms with Crippen molar-refractivity contribution in [2.24, 2.45) is 0 Å². The fourth-order valence-electron chi connectivity index (χ4n) is 2.13. The van der Waals surface area contributed by atoms with Gasteiger partial charge >= 0.3 is 0 Å². The molecule has 0 unspecified atom stereocenters. The second kappa shape index (κ2) is 5.49. The van der Waals surface area contributed by atoms with Crippen molar-refractivity contribution in [2.45, 2.75) is 19.3 Å². The number of nitrogens with zero attached hydrogens (tertiary/aromatic N) is 5. The van der Waals surface area contributed by atoms with E-state index < -0.39 is 10.0 Å². The van der Waals surface area contributed by atoms with Crippen molar-refractivity contribution in [3.05, 3.63) is 24.5 Å². The second-order valence-electron chi connectivity index (χ2n) is 4.88. The standard InChI is InChI=1S/C12H15N5O3S/c1-2-5-21(18,19)17-7-9(8-17)12-15-11(16-20-12)10-6-13-3-4-14-10/h3-4,6,9H,2,5,7-8H2,1H3. The molecule has 9 heteroatoms. The first kappa shape index (κ1) is 14.1. The van der Waals surface area contributed by atoms with Crippen molar-refractivity contribution >= 4 is 10.0 Å². The molecule has 0 aliphatic carbocycles. The molecule has 0 aromatic carbocycles. The van der Waals surface area contributed by atoms with E-state index in [1.807, 2.05) is 6.92 Å². The zero-order valence-corrected chi connectivity index (χ0v) is 12.3.